The average Bonchev–Trinajstić information content (AvgIpc) is 4.07. The fourth-order valence-electron chi connectivity index (χ4n) is 11.4. The van der Waals surface area contributed by atoms with Gasteiger partial charge in [-0.15, -0.1) is 0 Å². The zero-order chi connectivity index (χ0) is 42.0. The Bertz CT molecular complexity index is 3880. The molecule has 6 heteroatoms. The molecule has 63 heavy (non-hydrogen) atoms. The van der Waals surface area contributed by atoms with Crippen LogP contribution in [0.4, 0.5) is 0 Å². The minimum Gasteiger partial charge on any atom is -0.329 e. The van der Waals surface area contributed by atoms with Crippen LogP contribution >= 0.6 is 0 Å². The van der Waals surface area contributed by atoms with E-state index in [0.717, 1.165) is 92.9 Å². The van der Waals surface area contributed by atoms with E-state index in [9.17, 15) is 10.5 Å². The van der Waals surface area contributed by atoms with Crippen LogP contribution in [0.3, 0.4) is 0 Å². The molecule has 4 aromatic heterocycles. The van der Waals surface area contributed by atoms with Crippen molar-refractivity contribution in [1.82, 2.24) is 18.3 Å². The first-order valence-corrected chi connectivity index (χ1v) is 21.4. The van der Waals surface area contributed by atoms with Gasteiger partial charge in [-0.3, -0.25) is 0 Å². The number of hydrogen-bond acceptors (Lipinski definition) is 2. The number of aromatic nitrogens is 4. The van der Waals surface area contributed by atoms with Gasteiger partial charge in [0.1, 0.15) is 17.6 Å². The number of hydrogen-bond donors (Lipinski definition) is 0. The molecule has 0 saturated carbocycles. The summed E-state index contributed by atoms with van der Waals surface area (Å²) in [6, 6.07) is 73.0. The number of nitrogens with zero attached hydrogens (tertiary/aromatic N) is 6. The monoisotopic (exact) mass is 804 g/mol. The Hall–Kier alpha value is -8.58. The zero-order valence-electron chi connectivity index (χ0n) is 34.2. The first-order chi connectivity index (χ1) is 31.1. The summed E-state index contributed by atoms with van der Waals surface area (Å²) in [6.07, 6.45) is 0. The molecule has 0 N–H and O–H groups in total. The first kappa shape index (κ1) is 35.2. The standard InChI is InChI=1S/C57H36N6/c1-57(63-52-32-16-8-24-42(52)43-25-9-17-33-53(43)63)55(61-48-28-12-4-20-38(48)39-21-5-13-29-49(39)61)44(34-58)54(60-46-26-10-2-18-36(46)37-19-3-11-27-47(37)60)45(35-59)56(57)62-50-30-14-6-22-40(50)41-23-7-15-31-51(41)62/h2-33,55H,1H3. The minimum atomic E-state index is -1.16. The van der Waals surface area contributed by atoms with E-state index in [4.69, 9.17) is 0 Å². The molecule has 0 saturated heterocycles. The van der Waals surface area contributed by atoms with E-state index in [1.54, 1.807) is 0 Å². The van der Waals surface area contributed by atoms with Gasteiger partial charge in [-0.1, -0.05) is 146 Å². The lowest BCUT2D eigenvalue weighted by molar-refractivity contribution is 0.321. The van der Waals surface area contributed by atoms with Gasteiger partial charge >= 0.3 is 0 Å². The maximum Gasteiger partial charge on any atom is 0.110 e. The number of allylic oxidation sites excluding steroid dienone is 4. The van der Waals surface area contributed by atoms with Gasteiger partial charge in [0, 0.05) is 54.1 Å². The van der Waals surface area contributed by atoms with E-state index in [0.29, 0.717) is 16.8 Å². The van der Waals surface area contributed by atoms with Crippen molar-refractivity contribution >= 4 is 98.6 Å². The van der Waals surface area contributed by atoms with Crippen LogP contribution in [-0.4, -0.2) is 18.3 Å². The molecule has 6 nitrogen and oxygen atoms in total. The summed E-state index contributed by atoms with van der Waals surface area (Å²) in [7, 11) is 0. The highest BCUT2D eigenvalue weighted by Gasteiger charge is 2.53. The van der Waals surface area contributed by atoms with Crippen LogP contribution in [0.5, 0.6) is 0 Å². The van der Waals surface area contributed by atoms with Crippen molar-refractivity contribution in [1.29, 1.82) is 10.5 Å². The van der Waals surface area contributed by atoms with E-state index in [1.807, 2.05) is 12.1 Å². The third kappa shape index (κ3) is 4.49. The van der Waals surface area contributed by atoms with Crippen molar-refractivity contribution in [2.24, 2.45) is 0 Å². The largest absolute Gasteiger partial charge is 0.329 e. The van der Waals surface area contributed by atoms with Gasteiger partial charge in [0.15, 0.2) is 0 Å². The molecule has 0 radical (unpaired) electrons. The minimum absolute atomic E-state index is 0.436. The summed E-state index contributed by atoms with van der Waals surface area (Å²) in [5.41, 5.74) is 9.01. The maximum atomic E-state index is 12.3. The second kappa shape index (κ2) is 13.0. The van der Waals surface area contributed by atoms with Gasteiger partial charge < -0.3 is 18.3 Å². The van der Waals surface area contributed by atoms with Crippen LogP contribution in [0.1, 0.15) is 13.0 Å². The lowest BCUT2D eigenvalue weighted by Gasteiger charge is -2.47. The molecule has 2 unspecified atom stereocenters. The van der Waals surface area contributed by atoms with E-state index < -0.39 is 11.6 Å². The van der Waals surface area contributed by atoms with Gasteiger partial charge in [0.2, 0.25) is 0 Å². The van der Waals surface area contributed by atoms with Crippen LogP contribution in [-0.2, 0) is 5.54 Å². The van der Waals surface area contributed by atoms with Crippen molar-refractivity contribution in [3.05, 3.63) is 205 Å². The van der Waals surface area contributed by atoms with Crippen LogP contribution < -0.4 is 0 Å². The number of fused-ring (bicyclic) bond motifs is 12. The second-order valence-corrected chi connectivity index (χ2v) is 16.8. The van der Waals surface area contributed by atoms with Crippen LogP contribution in [0, 0.1) is 22.7 Å². The molecule has 12 aromatic rings. The molecule has 8 aromatic carbocycles. The predicted octanol–water partition coefficient (Wildman–Crippen LogP) is 14.0. The fourth-order valence-corrected chi connectivity index (χ4v) is 11.4. The molecular formula is C57H36N6. The second-order valence-electron chi connectivity index (χ2n) is 16.8. The summed E-state index contributed by atoms with van der Waals surface area (Å²) in [4.78, 5) is 0. The molecule has 294 valence electrons. The van der Waals surface area contributed by atoms with Gasteiger partial charge in [0.25, 0.3) is 0 Å². The molecule has 0 spiro atoms. The molecule has 0 aliphatic heterocycles. The molecule has 13 rings (SSSR count). The van der Waals surface area contributed by atoms with Crippen molar-refractivity contribution in [2.45, 2.75) is 18.5 Å². The molecule has 0 amide bonds. The molecule has 4 heterocycles. The van der Waals surface area contributed by atoms with Crippen LogP contribution in [0.15, 0.2) is 205 Å². The summed E-state index contributed by atoms with van der Waals surface area (Å²) in [5.74, 6) is 0. The van der Waals surface area contributed by atoms with E-state index in [1.165, 1.54) is 0 Å². The number of benzene rings is 8. The molecule has 0 bridgehead atoms. The third-order valence-electron chi connectivity index (χ3n) is 13.8. The molecule has 1 aliphatic rings. The van der Waals surface area contributed by atoms with E-state index in [2.05, 4.69) is 219 Å². The number of nitriles is 2. The van der Waals surface area contributed by atoms with Crippen LogP contribution in [0.2, 0.25) is 0 Å². The van der Waals surface area contributed by atoms with Crippen molar-refractivity contribution in [3.63, 3.8) is 0 Å². The highest BCUT2D eigenvalue weighted by Crippen LogP contribution is 2.58. The topological polar surface area (TPSA) is 67.3 Å². The van der Waals surface area contributed by atoms with Crippen LogP contribution in [0.25, 0.3) is 98.6 Å². The lowest BCUT2D eigenvalue weighted by atomic mass is 9.74. The first-order valence-electron chi connectivity index (χ1n) is 21.4. The van der Waals surface area contributed by atoms with Crippen molar-refractivity contribution < 1.29 is 0 Å². The van der Waals surface area contributed by atoms with E-state index >= 15 is 0 Å². The average molecular weight is 805 g/mol. The van der Waals surface area contributed by atoms with Gasteiger partial charge in [0.05, 0.1) is 61.7 Å². The summed E-state index contributed by atoms with van der Waals surface area (Å²) in [6.45, 7) is 2.27. The van der Waals surface area contributed by atoms with Gasteiger partial charge in [-0.25, -0.2) is 0 Å². The molecule has 2 atom stereocenters. The Balaban J connectivity index is 1.34. The molecule has 0 fully saturated rings. The summed E-state index contributed by atoms with van der Waals surface area (Å²) in [5, 5.41) is 33.2. The third-order valence-corrected chi connectivity index (χ3v) is 13.8. The summed E-state index contributed by atoms with van der Waals surface area (Å²) >= 11 is 0. The Morgan fingerprint density at radius 2 is 0.683 bits per heavy atom. The molecule has 1 aliphatic carbocycles. The molecular weight excluding hydrogens is 769 g/mol. The Morgan fingerprint density at radius 1 is 0.381 bits per heavy atom. The normalized spacial score (nSPS) is 17.0. The smallest absolute Gasteiger partial charge is 0.110 e. The lowest BCUT2D eigenvalue weighted by Crippen LogP contribution is -2.46. The Kier molecular flexibility index (Phi) is 7.24. The Morgan fingerprint density at radius 3 is 1.05 bits per heavy atom. The van der Waals surface area contributed by atoms with Crippen molar-refractivity contribution in [3.8, 4) is 12.1 Å². The maximum absolute atomic E-state index is 12.3. The quantitative estimate of drug-likeness (QED) is 0.178. The number of para-hydroxylation sites is 8. The zero-order valence-corrected chi connectivity index (χ0v) is 34.2. The highest BCUT2D eigenvalue weighted by atomic mass is 15.2. The van der Waals surface area contributed by atoms with E-state index in [-0.39, 0.29) is 0 Å². The Labute approximate surface area is 361 Å². The fraction of sp³-hybridized carbons (Fsp3) is 0.0526. The highest BCUT2D eigenvalue weighted by molar-refractivity contribution is 6.16. The van der Waals surface area contributed by atoms with Gasteiger partial charge in [-0.05, 0) is 55.5 Å². The SMILES string of the molecule is CC1(n2c3ccccc3c3ccccc32)C(n2c3ccccc3c3ccccc32)=C(C#N)C(n2c3ccccc3c3ccccc32)=C(C#N)C1n1c2ccccc2c2ccccc21. The predicted molar refractivity (Wildman–Crippen MR) is 258 cm³/mol. The summed E-state index contributed by atoms with van der Waals surface area (Å²) < 4.78 is 9.39. The van der Waals surface area contributed by atoms with Gasteiger partial charge in [-0.2, -0.15) is 10.5 Å². The number of rotatable bonds is 4. The van der Waals surface area contributed by atoms with Crippen molar-refractivity contribution in [2.75, 3.05) is 0 Å².